The molecule has 0 unspecified atom stereocenters. The minimum atomic E-state index is -3.80. The summed E-state index contributed by atoms with van der Waals surface area (Å²) < 4.78 is 24.6. The molecule has 0 spiro atoms. The molecule has 1 aromatic heterocycles. The maximum absolute atomic E-state index is 11.5. The second-order valence-electron chi connectivity index (χ2n) is 5.26. The van der Waals surface area contributed by atoms with E-state index in [1.165, 1.54) is 25.7 Å². The molecule has 1 heterocycles. The molecule has 0 aliphatic heterocycles. The predicted molar refractivity (Wildman–Crippen MR) is 67.4 cm³/mol. The van der Waals surface area contributed by atoms with Crippen molar-refractivity contribution in [2.24, 2.45) is 11.1 Å². The highest BCUT2D eigenvalue weighted by Gasteiger charge is 2.25. The van der Waals surface area contributed by atoms with Crippen molar-refractivity contribution in [3.8, 4) is 0 Å². The van der Waals surface area contributed by atoms with Crippen LogP contribution in [0.25, 0.3) is 0 Å². The third-order valence-corrected chi connectivity index (χ3v) is 4.24. The van der Waals surface area contributed by atoms with Crippen LogP contribution in [0, 0.1) is 5.92 Å². The standard InChI is InChI=1S/C11H20N4O2S/c1-8(2)15-10(7-9-5-3-4-6-9)13-14-11(15)18(12,16)17/h8-9H,3-7H2,1-2H3,(H2,12,16,17). The van der Waals surface area contributed by atoms with Gasteiger partial charge in [-0.05, 0) is 19.8 Å². The SMILES string of the molecule is CC(C)n1c(CC2CCCC2)nnc1S(N)(=O)=O. The van der Waals surface area contributed by atoms with E-state index in [1.54, 1.807) is 4.57 Å². The molecule has 1 aliphatic carbocycles. The molecule has 0 bridgehead atoms. The molecule has 6 nitrogen and oxygen atoms in total. The monoisotopic (exact) mass is 272 g/mol. The number of rotatable bonds is 4. The first kappa shape index (κ1) is 13.5. The van der Waals surface area contributed by atoms with Gasteiger partial charge in [-0.25, -0.2) is 13.6 Å². The number of aromatic nitrogens is 3. The quantitative estimate of drug-likeness (QED) is 0.892. The lowest BCUT2D eigenvalue weighted by atomic mass is 10.0. The lowest BCUT2D eigenvalue weighted by molar-refractivity contribution is 0.465. The van der Waals surface area contributed by atoms with Gasteiger partial charge in [0.15, 0.2) is 0 Å². The van der Waals surface area contributed by atoms with Crippen LogP contribution >= 0.6 is 0 Å². The van der Waals surface area contributed by atoms with Gasteiger partial charge >= 0.3 is 0 Å². The first-order chi connectivity index (χ1) is 8.39. The Morgan fingerprint density at radius 3 is 2.44 bits per heavy atom. The Balaban J connectivity index is 2.33. The second kappa shape index (κ2) is 4.97. The molecule has 1 aromatic rings. The van der Waals surface area contributed by atoms with E-state index in [9.17, 15) is 8.42 Å². The Bertz CT molecular complexity index is 515. The second-order valence-corrected chi connectivity index (χ2v) is 6.72. The summed E-state index contributed by atoms with van der Waals surface area (Å²) in [4.78, 5) is 0. The normalized spacial score (nSPS) is 17.8. The van der Waals surface area contributed by atoms with Gasteiger partial charge in [-0.1, -0.05) is 25.7 Å². The van der Waals surface area contributed by atoms with Crippen LogP contribution in [0.3, 0.4) is 0 Å². The fourth-order valence-corrected chi connectivity index (χ4v) is 3.38. The molecule has 18 heavy (non-hydrogen) atoms. The van der Waals surface area contributed by atoms with Crippen LogP contribution in [0.4, 0.5) is 0 Å². The maximum Gasteiger partial charge on any atom is 0.273 e. The molecular weight excluding hydrogens is 252 g/mol. The van der Waals surface area contributed by atoms with E-state index in [0.717, 1.165) is 12.2 Å². The van der Waals surface area contributed by atoms with Crippen LogP contribution in [-0.4, -0.2) is 23.2 Å². The molecule has 1 fully saturated rings. The smallest absolute Gasteiger partial charge is 0.273 e. The Labute approximate surface area is 108 Å². The molecule has 0 radical (unpaired) electrons. The van der Waals surface area contributed by atoms with Crippen molar-refractivity contribution in [3.63, 3.8) is 0 Å². The van der Waals surface area contributed by atoms with Crippen molar-refractivity contribution in [3.05, 3.63) is 5.82 Å². The summed E-state index contributed by atoms with van der Waals surface area (Å²) in [5, 5.41) is 12.8. The van der Waals surface area contributed by atoms with Crippen molar-refractivity contribution >= 4 is 10.0 Å². The number of nitrogens with zero attached hydrogens (tertiary/aromatic N) is 3. The number of hydrogen-bond donors (Lipinski definition) is 1. The number of hydrogen-bond acceptors (Lipinski definition) is 4. The number of primary sulfonamides is 1. The molecule has 1 saturated carbocycles. The van der Waals surface area contributed by atoms with Gasteiger partial charge in [0.05, 0.1) is 0 Å². The van der Waals surface area contributed by atoms with Crippen LogP contribution in [0.5, 0.6) is 0 Å². The Morgan fingerprint density at radius 1 is 1.33 bits per heavy atom. The Kier molecular flexibility index (Phi) is 3.72. The minimum Gasteiger partial charge on any atom is -0.298 e. The molecule has 0 aromatic carbocycles. The van der Waals surface area contributed by atoms with Gasteiger partial charge in [-0.2, -0.15) is 0 Å². The third-order valence-electron chi connectivity index (χ3n) is 3.45. The van der Waals surface area contributed by atoms with Gasteiger partial charge in [0, 0.05) is 12.5 Å². The minimum absolute atomic E-state index is 0.00951. The van der Waals surface area contributed by atoms with E-state index in [2.05, 4.69) is 10.2 Å². The topological polar surface area (TPSA) is 90.9 Å². The van der Waals surface area contributed by atoms with E-state index in [1.807, 2.05) is 13.8 Å². The summed E-state index contributed by atoms with van der Waals surface area (Å²) >= 11 is 0. The van der Waals surface area contributed by atoms with Crippen LogP contribution in [0.15, 0.2) is 5.16 Å². The van der Waals surface area contributed by atoms with Gasteiger partial charge in [0.1, 0.15) is 5.82 Å². The molecule has 102 valence electrons. The maximum atomic E-state index is 11.5. The van der Waals surface area contributed by atoms with Crippen LogP contribution in [0.1, 0.15) is 51.4 Å². The zero-order chi connectivity index (χ0) is 13.3. The van der Waals surface area contributed by atoms with E-state index >= 15 is 0 Å². The highest BCUT2D eigenvalue weighted by molar-refractivity contribution is 7.89. The summed E-state index contributed by atoms with van der Waals surface area (Å²) in [6.45, 7) is 3.83. The molecule has 2 rings (SSSR count). The molecule has 7 heteroatoms. The zero-order valence-corrected chi connectivity index (χ0v) is 11.7. The Hall–Kier alpha value is -0.950. The lowest BCUT2D eigenvalue weighted by Crippen LogP contribution is -2.21. The van der Waals surface area contributed by atoms with Crippen molar-refractivity contribution < 1.29 is 8.42 Å². The number of nitrogens with two attached hydrogens (primary N) is 1. The molecule has 2 N–H and O–H groups in total. The van der Waals surface area contributed by atoms with Crippen LogP contribution in [0.2, 0.25) is 0 Å². The predicted octanol–water partition coefficient (Wildman–Crippen LogP) is 1.24. The summed E-state index contributed by atoms with van der Waals surface area (Å²) in [7, 11) is -3.80. The number of sulfonamides is 1. The zero-order valence-electron chi connectivity index (χ0n) is 10.8. The lowest BCUT2D eigenvalue weighted by Gasteiger charge is -2.15. The first-order valence-corrected chi connectivity index (χ1v) is 7.91. The van der Waals surface area contributed by atoms with Gasteiger partial charge in [0.2, 0.25) is 0 Å². The third kappa shape index (κ3) is 2.72. The fraction of sp³-hybridized carbons (Fsp3) is 0.818. The molecule has 0 amide bonds. The van der Waals surface area contributed by atoms with Gasteiger partial charge in [-0.3, -0.25) is 4.57 Å². The van der Waals surface area contributed by atoms with Crippen LogP contribution in [-0.2, 0) is 16.4 Å². The summed E-state index contributed by atoms with van der Waals surface area (Å²) in [5.41, 5.74) is 0. The largest absolute Gasteiger partial charge is 0.298 e. The summed E-state index contributed by atoms with van der Waals surface area (Å²) in [6.07, 6.45) is 5.68. The summed E-state index contributed by atoms with van der Waals surface area (Å²) in [5.74, 6) is 1.33. The summed E-state index contributed by atoms with van der Waals surface area (Å²) in [6, 6.07) is -0.00951. The van der Waals surface area contributed by atoms with Gasteiger partial charge < -0.3 is 0 Å². The average Bonchev–Trinajstić information content (AvgIpc) is 2.85. The van der Waals surface area contributed by atoms with E-state index < -0.39 is 10.0 Å². The Morgan fingerprint density at radius 2 is 1.94 bits per heavy atom. The van der Waals surface area contributed by atoms with E-state index in [4.69, 9.17) is 5.14 Å². The molecule has 0 saturated heterocycles. The molecule has 0 atom stereocenters. The van der Waals surface area contributed by atoms with Crippen molar-refractivity contribution in [2.75, 3.05) is 0 Å². The van der Waals surface area contributed by atoms with Crippen LogP contribution < -0.4 is 5.14 Å². The molecule has 1 aliphatic rings. The first-order valence-electron chi connectivity index (χ1n) is 6.36. The average molecular weight is 272 g/mol. The highest BCUT2D eigenvalue weighted by atomic mass is 32.2. The van der Waals surface area contributed by atoms with Crippen molar-refractivity contribution in [1.29, 1.82) is 0 Å². The van der Waals surface area contributed by atoms with E-state index in [0.29, 0.717) is 5.92 Å². The van der Waals surface area contributed by atoms with Crippen molar-refractivity contribution in [2.45, 2.75) is 57.1 Å². The molecular formula is C11H20N4O2S. The van der Waals surface area contributed by atoms with E-state index in [-0.39, 0.29) is 11.2 Å². The fourth-order valence-electron chi connectivity index (χ4n) is 2.63. The van der Waals surface area contributed by atoms with Crippen molar-refractivity contribution in [1.82, 2.24) is 14.8 Å². The van der Waals surface area contributed by atoms with Gasteiger partial charge in [0.25, 0.3) is 15.2 Å². The van der Waals surface area contributed by atoms with Gasteiger partial charge in [-0.15, -0.1) is 10.2 Å². The highest BCUT2D eigenvalue weighted by Crippen LogP contribution is 2.28.